The van der Waals surface area contributed by atoms with Crippen molar-refractivity contribution in [1.29, 1.82) is 0 Å². The van der Waals surface area contributed by atoms with Crippen molar-refractivity contribution in [2.24, 2.45) is 4.99 Å². The summed E-state index contributed by atoms with van der Waals surface area (Å²) in [6.07, 6.45) is 5.39. The fourth-order valence-corrected chi connectivity index (χ4v) is 4.19. The van der Waals surface area contributed by atoms with Crippen molar-refractivity contribution >= 4 is 35.8 Å². The van der Waals surface area contributed by atoms with E-state index in [-0.39, 0.29) is 36.4 Å². The molecule has 1 atom stereocenters. The first kappa shape index (κ1) is 24.9. The third-order valence-electron chi connectivity index (χ3n) is 6.16. The number of aliphatic imine (C=N–C) groups is 1. The van der Waals surface area contributed by atoms with Gasteiger partial charge in [0.05, 0.1) is 0 Å². The maximum Gasteiger partial charge on any atom is 0.243 e. The molecule has 1 saturated heterocycles. The number of hydrogen-bond donors (Lipinski definition) is 2. The average molecular weight is 527 g/mol. The number of likely N-dealkylation sites (N-methyl/N-ethyl adjacent to an activating group) is 1. The maximum absolute atomic E-state index is 12.1. The van der Waals surface area contributed by atoms with E-state index in [0.29, 0.717) is 18.1 Å². The zero-order valence-electron chi connectivity index (χ0n) is 18.9. The summed E-state index contributed by atoms with van der Waals surface area (Å²) < 4.78 is 0. The molecule has 1 aromatic rings. The van der Waals surface area contributed by atoms with Crippen LogP contribution in [-0.2, 0) is 17.6 Å². The molecule has 0 radical (unpaired) electrons. The lowest BCUT2D eigenvalue weighted by atomic mass is 9.88. The molecule has 1 fully saturated rings. The van der Waals surface area contributed by atoms with E-state index < -0.39 is 0 Å². The SMILES string of the molecule is CC(C)N1CCC(NC(=NCC(=O)N(C)C)NC2CCc3ccccc3C2)CC1.I. The molecule has 3 rings (SSSR count). The van der Waals surface area contributed by atoms with Gasteiger partial charge in [0.25, 0.3) is 0 Å². The van der Waals surface area contributed by atoms with Crippen LogP contribution in [0.25, 0.3) is 0 Å². The van der Waals surface area contributed by atoms with Crippen LogP contribution in [0.1, 0.15) is 44.2 Å². The predicted molar refractivity (Wildman–Crippen MR) is 135 cm³/mol. The number of halogens is 1. The number of aryl methyl sites for hydroxylation is 1. The average Bonchev–Trinajstić information content (AvgIpc) is 2.72. The Bertz CT molecular complexity index is 713. The molecule has 1 aliphatic heterocycles. The van der Waals surface area contributed by atoms with Crippen LogP contribution in [0.5, 0.6) is 0 Å². The molecule has 2 aliphatic rings. The van der Waals surface area contributed by atoms with Crippen LogP contribution < -0.4 is 10.6 Å². The van der Waals surface area contributed by atoms with Gasteiger partial charge in [0.1, 0.15) is 6.54 Å². The van der Waals surface area contributed by atoms with Crippen molar-refractivity contribution in [2.75, 3.05) is 33.7 Å². The van der Waals surface area contributed by atoms with Crippen LogP contribution in [0.15, 0.2) is 29.3 Å². The number of benzene rings is 1. The number of hydrogen-bond acceptors (Lipinski definition) is 3. The molecule has 2 N–H and O–H groups in total. The van der Waals surface area contributed by atoms with Crippen molar-refractivity contribution in [1.82, 2.24) is 20.4 Å². The minimum atomic E-state index is 0. The first-order chi connectivity index (χ1) is 13.9. The highest BCUT2D eigenvalue weighted by Gasteiger charge is 2.24. The van der Waals surface area contributed by atoms with E-state index in [2.05, 4.69) is 58.6 Å². The molecule has 1 amide bonds. The number of nitrogens with one attached hydrogen (secondary N) is 2. The van der Waals surface area contributed by atoms with E-state index in [0.717, 1.165) is 51.2 Å². The Hall–Kier alpha value is -1.35. The molecule has 1 aromatic carbocycles. The summed E-state index contributed by atoms with van der Waals surface area (Å²) in [4.78, 5) is 20.8. The van der Waals surface area contributed by atoms with Gasteiger partial charge in [-0.25, -0.2) is 4.99 Å². The Labute approximate surface area is 198 Å². The molecular weight excluding hydrogens is 489 g/mol. The van der Waals surface area contributed by atoms with E-state index in [1.54, 1.807) is 19.0 Å². The van der Waals surface area contributed by atoms with Crippen molar-refractivity contribution in [3.05, 3.63) is 35.4 Å². The largest absolute Gasteiger partial charge is 0.354 e. The topological polar surface area (TPSA) is 60.0 Å². The predicted octanol–water partition coefficient (Wildman–Crippen LogP) is 2.66. The minimum absolute atomic E-state index is 0. The third kappa shape index (κ3) is 7.11. The molecule has 1 heterocycles. The first-order valence-electron chi connectivity index (χ1n) is 11.0. The van der Waals surface area contributed by atoms with Gasteiger partial charge in [0.2, 0.25) is 5.91 Å². The zero-order chi connectivity index (χ0) is 20.8. The van der Waals surface area contributed by atoms with Gasteiger partial charge in [-0.2, -0.15) is 0 Å². The summed E-state index contributed by atoms with van der Waals surface area (Å²) in [5.41, 5.74) is 2.88. The zero-order valence-corrected chi connectivity index (χ0v) is 21.2. The van der Waals surface area contributed by atoms with Crippen molar-refractivity contribution in [2.45, 2.75) is 64.1 Å². The summed E-state index contributed by atoms with van der Waals surface area (Å²) in [6, 6.07) is 10.1. The molecule has 0 spiro atoms. The van der Waals surface area contributed by atoms with E-state index in [4.69, 9.17) is 0 Å². The molecule has 0 saturated carbocycles. The smallest absolute Gasteiger partial charge is 0.243 e. The monoisotopic (exact) mass is 527 g/mol. The summed E-state index contributed by atoms with van der Waals surface area (Å²) in [5.74, 6) is 0.808. The van der Waals surface area contributed by atoms with Gasteiger partial charge in [0.15, 0.2) is 5.96 Å². The van der Waals surface area contributed by atoms with E-state index in [1.165, 1.54) is 11.1 Å². The fourth-order valence-electron chi connectivity index (χ4n) is 4.19. The number of guanidine groups is 1. The first-order valence-corrected chi connectivity index (χ1v) is 11.0. The van der Waals surface area contributed by atoms with Gasteiger partial charge < -0.3 is 20.4 Å². The molecule has 1 aliphatic carbocycles. The molecule has 1 unspecified atom stereocenters. The van der Waals surface area contributed by atoms with E-state index >= 15 is 0 Å². The number of carbonyl (C=O) groups excluding carboxylic acids is 1. The normalized spacial score (nSPS) is 20.3. The number of carbonyl (C=O) groups is 1. The van der Waals surface area contributed by atoms with E-state index in [1.807, 2.05) is 0 Å². The molecular formula is C23H38IN5O. The lowest BCUT2D eigenvalue weighted by Gasteiger charge is -2.36. The van der Waals surface area contributed by atoms with Crippen LogP contribution in [0.2, 0.25) is 0 Å². The minimum Gasteiger partial charge on any atom is -0.354 e. The van der Waals surface area contributed by atoms with Crippen LogP contribution in [-0.4, -0.2) is 73.5 Å². The third-order valence-corrected chi connectivity index (χ3v) is 6.16. The molecule has 0 bridgehead atoms. The number of likely N-dealkylation sites (tertiary alicyclic amines) is 1. The second kappa shape index (κ2) is 11.9. The van der Waals surface area contributed by atoms with Gasteiger partial charge in [0, 0.05) is 45.3 Å². The lowest BCUT2D eigenvalue weighted by Crippen LogP contribution is -2.52. The van der Waals surface area contributed by atoms with Gasteiger partial charge >= 0.3 is 0 Å². The molecule has 0 aromatic heterocycles. The van der Waals surface area contributed by atoms with Gasteiger partial charge in [-0.05, 0) is 57.1 Å². The van der Waals surface area contributed by atoms with Crippen molar-refractivity contribution in [3.8, 4) is 0 Å². The second-order valence-electron chi connectivity index (χ2n) is 8.85. The Morgan fingerprint density at radius 2 is 1.73 bits per heavy atom. The number of nitrogens with zero attached hydrogens (tertiary/aromatic N) is 3. The number of amides is 1. The lowest BCUT2D eigenvalue weighted by molar-refractivity contribution is -0.127. The summed E-state index contributed by atoms with van der Waals surface area (Å²) in [5, 5.41) is 7.25. The summed E-state index contributed by atoms with van der Waals surface area (Å²) >= 11 is 0. The van der Waals surface area contributed by atoms with Gasteiger partial charge in [-0.15, -0.1) is 24.0 Å². The highest BCUT2D eigenvalue weighted by Crippen LogP contribution is 2.21. The highest BCUT2D eigenvalue weighted by atomic mass is 127. The molecule has 7 heteroatoms. The maximum atomic E-state index is 12.1. The standard InChI is InChI=1S/C23H37N5O.HI/c1-17(2)28-13-11-20(12-14-28)25-23(24-16-22(29)27(3)4)26-21-10-9-18-7-5-6-8-19(18)15-21;/h5-8,17,20-21H,9-16H2,1-4H3,(H2,24,25,26);1H. The Morgan fingerprint density at radius 3 is 2.37 bits per heavy atom. The quantitative estimate of drug-likeness (QED) is 0.351. The highest BCUT2D eigenvalue weighted by molar-refractivity contribution is 14.0. The van der Waals surface area contributed by atoms with Gasteiger partial charge in [-0.3, -0.25) is 4.79 Å². The summed E-state index contributed by atoms with van der Waals surface area (Å²) in [7, 11) is 3.55. The van der Waals surface area contributed by atoms with Crippen molar-refractivity contribution < 1.29 is 4.79 Å². The molecule has 6 nitrogen and oxygen atoms in total. The van der Waals surface area contributed by atoms with Crippen LogP contribution in [0.4, 0.5) is 0 Å². The molecule has 168 valence electrons. The van der Waals surface area contributed by atoms with Crippen LogP contribution in [0, 0.1) is 0 Å². The second-order valence-corrected chi connectivity index (χ2v) is 8.85. The molecule has 30 heavy (non-hydrogen) atoms. The Balaban J connectivity index is 0.00000320. The van der Waals surface area contributed by atoms with Crippen LogP contribution in [0.3, 0.4) is 0 Å². The van der Waals surface area contributed by atoms with E-state index in [9.17, 15) is 4.79 Å². The number of fused-ring (bicyclic) bond motifs is 1. The van der Waals surface area contributed by atoms with Crippen LogP contribution >= 0.6 is 24.0 Å². The summed E-state index contributed by atoms with van der Waals surface area (Å²) in [6.45, 7) is 6.91. The number of piperidine rings is 1. The van der Waals surface area contributed by atoms with Crippen molar-refractivity contribution in [3.63, 3.8) is 0 Å². The Morgan fingerprint density at radius 1 is 1.10 bits per heavy atom. The number of rotatable bonds is 5. The fraction of sp³-hybridized carbons (Fsp3) is 0.652. The van der Waals surface area contributed by atoms with Gasteiger partial charge in [-0.1, -0.05) is 24.3 Å². The Kier molecular flexibility index (Phi) is 9.87.